The number of aliphatic hydroxyl groups is 1. The third-order valence-electron chi connectivity index (χ3n) is 3.70. The largest absolute Gasteiger partial charge is 0.497 e. The molecule has 0 spiro atoms. The fourth-order valence-electron chi connectivity index (χ4n) is 2.26. The number of likely N-dealkylation sites (N-methyl/N-ethyl adjacent to an activating group) is 1. The molecule has 0 aliphatic carbocycles. The summed E-state index contributed by atoms with van der Waals surface area (Å²) in [6.45, 7) is 0.544. The van der Waals surface area contributed by atoms with E-state index < -0.39 is 6.10 Å². The van der Waals surface area contributed by atoms with Crippen LogP contribution in [0.5, 0.6) is 11.5 Å². The van der Waals surface area contributed by atoms with E-state index in [1.807, 2.05) is 30.3 Å². The van der Waals surface area contributed by atoms with Gasteiger partial charge in [0.15, 0.2) is 0 Å². The Morgan fingerprint density at radius 1 is 1.08 bits per heavy atom. The Morgan fingerprint density at radius 3 is 2.38 bits per heavy atom. The predicted molar refractivity (Wildman–Crippen MR) is 92.1 cm³/mol. The smallest absolute Gasteiger partial charge is 0.225 e. The molecule has 0 bridgehead atoms. The second-order valence-electron chi connectivity index (χ2n) is 5.47. The van der Waals surface area contributed by atoms with Crippen LogP contribution >= 0.6 is 0 Å². The summed E-state index contributed by atoms with van der Waals surface area (Å²) in [4.78, 5) is 13.6. The van der Waals surface area contributed by atoms with Crippen molar-refractivity contribution in [3.63, 3.8) is 0 Å². The van der Waals surface area contributed by atoms with E-state index in [0.29, 0.717) is 6.61 Å². The number of ether oxygens (including phenoxy) is 2. The van der Waals surface area contributed by atoms with Crippen molar-refractivity contribution in [1.82, 2.24) is 4.90 Å². The number of hydrogen-bond acceptors (Lipinski definition) is 4. The van der Waals surface area contributed by atoms with Gasteiger partial charge in [-0.1, -0.05) is 30.3 Å². The molecular weight excluding hydrogens is 306 g/mol. The van der Waals surface area contributed by atoms with Crippen LogP contribution in [-0.2, 0) is 4.79 Å². The Hall–Kier alpha value is -2.53. The van der Waals surface area contributed by atoms with Gasteiger partial charge in [0.05, 0.1) is 32.8 Å². The molecule has 0 aliphatic heterocycles. The lowest BCUT2D eigenvalue weighted by atomic mass is 10.1. The topological polar surface area (TPSA) is 59.0 Å². The van der Waals surface area contributed by atoms with E-state index in [4.69, 9.17) is 9.47 Å². The fourth-order valence-corrected chi connectivity index (χ4v) is 2.26. The van der Waals surface area contributed by atoms with Crippen LogP contribution in [0.25, 0.3) is 0 Å². The molecule has 5 nitrogen and oxygen atoms in total. The van der Waals surface area contributed by atoms with E-state index in [1.165, 1.54) is 4.90 Å². The minimum atomic E-state index is -0.736. The predicted octanol–water partition coefficient (Wildman–Crippen LogP) is 2.66. The minimum absolute atomic E-state index is 0.0708. The lowest BCUT2D eigenvalue weighted by Gasteiger charge is -2.21. The normalized spacial score (nSPS) is 11.6. The molecule has 0 saturated carbocycles. The van der Waals surface area contributed by atoms with Crippen molar-refractivity contribution >= 4 is 5.91 Å². The summed E-state index contributed by atoms with van der Waals surface area (Å²) >= 11 is 0. The van der Waals surface area contributed by atoms with Gasteiger partial charge in [0.1, 0.15) is 11.5 Å². The molecular formula is C19H23NO4. The van der Waals surface area contributed by atoms with Gasteiger partial charge in [0.25, 0.3) is 0 Å². The molecule has 2 rings (SSSR count). The summed E-state index contributed by atoms with van der Waals surface area (Å²) in [5.41, 5.74) is 0.746. The van der Waals surface area contributed by atoms with Crippen molar-refractivity contribution < 1.29 is 19.4 Å². The Morgan fingerprint density at radius 2 is 1.75 bits per heavy atom. The lowest BCUT2D eigenvalue weighted by Crippen LogP contribution is -2.32. The standard InChI is InChI=1S/C19H23NO4/c1-20(14-18(21)15-8-10-16(23-2)11-9-15)19(22)12-13-24-17-6-4-3-5-7-17/h3-11,18,21H,12-14H2,1-2H3. The molecule has 24 heavy (non-hydrogen) atoms. The van der Waals surface area contributed by atoms with Crippen LogP contribution in [0.3, 0.4) is 0 Å². The maximum atomic E-state index is 12.1. The summed E-state index contributed by atoms with van der Waals surface area (Å²) in [5, 5.41) is 10.2. The number of rotatable bonds is 8. The molecule has 1 amide bonds. The zero-order chi connectivity index (χ0) is 17.4. The molecule has 1 unspecified atom stereocenters. The third kappa shape index (κ3) is 5.28. The van der Waals surface area contributed by atoms with Gasteiger partial charge in [0.2, 0.25) is 5.91 Å². The van der Waals surface area contributed by atoms with E-state index in [9.17, 15) is 9.90 Å². The van der Waals surface area contributed by atoms with Crippen molar-refractivity contribution in [3.8, 4) is 11.5 Å². The van der Waals surface area contributed by atoms with Gasteiger partial charge in [-0.05, 0) is 29.8 Å². The van der Waals surface area contributed by atoms with Crippen molar-refractivity contribution in [2.75, 3.05) is 27.3 Å². The van der Waals surface area contributed by atoms with Crippen LogP contribution in [0, 0.1) is 0 Å². The van der Waals surface area contributed by atoms with Gasteiger partial charge >= 0.3 is 0 Å². The molecule has 0 saturated heterocycles. The first-order chi connectivity index (χ1) is 11.6. The second-order valence-corrected chi connectivity index (χ2v) is 5.47. The molecule has 0 radical (unpaired) electrons. The molecule has 2 aromatic rings. The number of nitrogens with zero attached hydrogens (tertiary/aromatic N) is 1. The highest BCUT2D eigenvalue weighted by Gasteiger charge is 2.15. The maximum absolute atomic E-state index is 12.1. The van der Waals surface area contributed by atoms with Crippen molar-refractivity contribution in [3.05, 3.63) is 60.2 Å². The summed E-state index contributed by atoms with van der Waals surface area (Å²) in [6, 6.07) is 16.5. The summed E-state index contributed by atoms with van der Waals surface area (Å²) in [7, 11) is 3.27. The molecule has 0 aliphatic rings. The Balaban J connectivity index is 1.77. The molecule has 0 heterocycles. The van der Waals surface area contributed by atoms with Gasteiger partial charge in [-0.2, -0.15) is 0 Å². The summed E-state index contributed by atoms with van der Waals surface area (Å²) < 4.78 is 10.6. The minimum Gasteiger partial charge on any atom is -0.497 e. The van der Waals surface area contributed by atoms with Gasteiger partial charge in [-0.15, -0.1) is 0 Å². The third-order valence-corrected chi connectivity index (χ3v) is 3.70. The van der Waals surface area contributed by atoms with Crippen molar-refractivity contribution in [2.45, 2.75) is 12.5 Å². The van der Waals surface area contributed by atoms with Crippen LogP contribution in [0.1, 0.15) is 18.1 Å². The molecule has 2 aromatic carbocycles. The average Bonchev–Trinajstić information content (AvgIpc) is 2.62. The van der Waals surface area contributed by atoms with E-state index in [1.54, 1.807) is 38.4 Å². The number of para-hydroxylation sites is 1. The zero-order valence-corrected chi connectivity index (χ0v) is 14.0. The maximum Gasteiger partial charge on any atom is 0.225 e. The van der Waals surface area contributed by atoms with Gasteiger partial charge < -0.3 is 19.5 Å². The highest BCUT2D eigenvalue weighted by atomic mass is 16.5. The number of amides is 1. The van der Waals surface area contributed by atoms with E-state index in [2.05, 4.69) is 0 Å². The summed E-state index contributed by atoms with van der Waals surface area (Å²) in [5.74, 6) is 1.40. The SMILES string of the molecule is COc1ccc(C(O)CN(C)C(=O)CCOc2ccccc2)cc1. The first-order valence-electron chi connectivity index (χ1n) is 7.84. The zero-order valence-electron chi connectivity index (χ0n) is 14.0. The summed E-state index contributed by atoms with van der Waals surface area (Å²) in [6.07, 6.45) is -0.472. The molecule has 0 fully saturated rings. The van der Waals surface area contributed by atoms with Gasteiger partial charge in [-0.3, -0.25) is 4.79 Å². The first-order valence-corrected chi connectivity index (χ1v) is 7.84. The number of aliphatic hydroxyl groups excluding tert-OH is 1. The van der Waals surface area contributed by atoms with Gasteiger partial charge in [0, 0.05) is 7.05 Å². The molecule has 1 N–H and O–H groups in total. The van der Waals surface area contributed by atoms with Gasteiger partial charge in [-0.25, -0.2) is 0 Å². The number of carbonyl (C=O) groups excluding carboxylic acids is 1. The Kier molecular flexibility index (Phi) is 6.63. The second kappa shape index (κ2) is 8.93. The molecule has 1 atom stereocenters. The number of carbonyl (C=O) groups is 1. The van der Waals surface area contributed by atoms with Crippen molar-refractivity contribution in [2.24, 2.45) is 0 Å². The van der Waals surface area contributed by atoms with E-state index in [-0.39, 0.29) is 18.9 Å². The number of hydrogen-bond donors (Lipinski definition) is 1. The Labute approximate surface area is 142 Å². The van der Waals surface area contributed by atoms with Crippen LogP contribution in [-0.4, -0.2) is 43.2 Å². The van der Waals surface area contributed by atoms with Crippen LogP contribution in [0.4, 0.5) is 0 Å². The number of methoxy groups -OCH3 is 1. The highest BCUT2D eigenvalue weighted by Crippen LogP contribution is 2.18. The first kappa shape index (κ1) is 17.8. The van der Waals surface area contributed by atoms with E-state index >= 15 is 0 Å². The highest BCUT2D eigenvalue weighted by molar-refractivity contribution is 5.76. The lowest BCUT2D eigenvalue weighted by molar-refractivity contribution is -0.131. The van der Waals surface area contributed by atoms with Crippen molar-refractivity contribution in [1.29, 1.82) is 0 Å². The van der Waals surface area contributed by atoms with Crippen LogP contribution < -0.4 is 9.47 Å². The molecule has 128 valence electrons. The number of benzene rings is 2. The molecule has 5 heteroatoms. The molecule has 0 aromatic heterocycles. The fraction of sp³-hybridized carbons (Fsp3) is 0.316. The quantitative estimate of drug-likeness (QED) is 0.809. The average molecular weight is 329 g/mol. The Bertz CT molecular complexity index is 628. The monoisotopic (exact) mass is 329 g/mol. The van der Waals surface area contributed by atoms with Crippen LogP contribution in [0.15, 0.2) is 54.6 Å². The van der Waals surface area contributed by atoms with Crippen LogP contribution in [0.2, 0.25) is 0 Å². The van der Waals surface area contributed by atoms with E-state index in [0.717, 1.165) is 17.1 Å².